The highest BCUT2D eigenvalue weighted by atomic mass is 28.3. The van der Waals surface area contributed by atoms with Crippen LogP contribution < -0.4 is 30.1 Å². The molecule has 98 heavy (non-hydrogen) atoms. The lowest BCUT2D eigenvalue weighted by molar-refractivity contribution is -0.572. The molecular weight excluding hydrogens is 1210 g/mol. The molecule has 484 valence electrons. The predicted octanol–water partition coefficient (Wildman–Crippen LogP) is 20.6. The fourth-order valence-corrected chi connectivity index (χ4v) is 18.4. The molecule has 0 N–H and O–H groups in total. The van der Waals surface area contributed by atoms with E-state index < -0.39 is 155 Å². The molecule has 3 aromatic heterocycles. The molecule has 0 amide bonds. The quantitative estimate of drug-likeness (QED) is 0.0625. The molecule has 0 saturated carbocycles. The lowest BCUT2D eigenvalue weighted by Crippen LogP contribution is -2.74. The molecule has 6 heteroatoms. The van der Waals surface area contributed by atoms with Crippen LogP contribution in [0.1, 0.15) is 157 Å². The molecule has 0 fully saturated rings. The topological polar surface area (TPSA) is 35.9 Å². The Kier molecular flexibility index (Phi) is 10.5. The van der Waals surface area contributed by atoms with Gasteiger partial charge in [0.25, 0.3) is 6.33 Å². The number of pyridine rings is 1. The van der Waals surface area contributed by atoms with Crippen molar-refractivity contribution >= 4 is 61.7 Å². The molecule has 14 aromatic rings. The summed E-state index contributed by atoms with van der Waals surface area (Å²) in [6, 6.07) is 27.1. The molecule has 2 aliphatic rings. The number of para-hydroxylation sites is 1. The Morgan fingerprint density at radius 1 is 0.469 bits per heavy atom. The van der Waals surface area contributed by atoms with Crippen LogP contribution in [0.15, 0.2) is 261 Å². The first-order valence-electron chi connectivity index (χ1n) is 43.0. The molecule has 1 aliphatic carbocycles. The first-order valence-corrected chi connectivity index (χ1v) is 35.5. The standard InChI is InChI=1S/C92H86N4OSi/c1-88(2,3)62-45-48-93-85(54-62)96-82-42-26-25-41-73(82)74-44-43-66(56-83(74)96)97-65-31-28-30-64(55-65)94-59-95-86-78(52-63(89(4,5)6)53-81(86)90(7,8)9)76-58-80-79(91(10,11)46-47-92(80,12)13)57-75(76)71-39-23-24-40-72(71)77-50-61(51-84(94)87(77)95)60-29-27-38-70(49-60)98(67-32-17-14-18-33-67,68-34-19-15-20-35-68)69-36-21-16-22-37-69/h14-45,48-58H,46-47H2,1-13H3/i14D,15D,16D,17D,18D,19D,20D,21D,22D,27D,29D,32D,33D,34D,35D,36D,37D,38D,49D. The smallest absolute Gasteiger partial charge is 0.269 e. The number of ether oxygens (including phenoxy) is 1. The van der Waals surface area contributed by atoms with Gasteiger partial charge in [-0.25, -0.2) is 4.98 Å². The van der Waals surface area contributed by atoms with Gasteiger partial charge in [-0.15, -0.1) is 0 Å². The molecular formula is C92H86N4OSi. The van der Waals surface area contributed by atoms with Crippen molar-refractivity contribution in [1.82, 2.24) is 14.1 Å². The average Bonchev–Trinajstić information content (AvgIpc) is 1.20. The van der Waals surface area contributed by atoms with E-state index in [4.69, 9.17) is 13.8 Å². The van der Waals surface area contributed by atoms with Crippen LogP contribution in [0.4, 0.5) is 0 Å². The van der Waals surface area contributed by atoms with Gasteiger partial charge < -0.3 is 4.74 Å². The van der Waals surface area contributed by atoms with Crippen LogP contribution in [0, 0.1) is 6.33 Å². The van der Waals surface area contributed by atoms with E-state index in [1.165, 1.54) is 11.1 Å². The average molecular weight is 1310 g/mol. The minimum absolute atomic E-state index is 0.00815. The van der Waals surface area contributed by atoms with Gasteiger partial charge in [0.2, 0.25) is 0 Å². The zero-order valence-corrected chi connectivity index (χ0v) is 58.5. The Hall–Kier alpha value is -10.1. The molecule has 0 unspecified atom stereocenters. The van der Waals surface area contributed by atoms with Crippen LogP contribution in [0.3, 0.4) is 0 Å². The van der Waals surface area contributed by atoms with Gasteiger partial charge in [-0.2, -0.15) is 0 Å². The van der Waals surface area contributed by atoms with Gasteiger partial charge in [0.1, 0.15) is 17.3 Å². The largest absolute Gasteiger partial charge is 0.458 e. The van der Waals surface area contributed by atoms with E-state index in [0.29, 0.717) is 39.3 Å². The van der Waals surface area contributed by atoms with Crippen molar-refractivity contribution < 1.29 is 35.3 Å². The van der Waals surface area contributed by atoms with Crippen molar-refractivity contribution in [3.63, 3.8) is 0 Å². The summed E-state index contributed by atoms with van der Waals surface area (Å²) in [7, 11) is -6.29. The van der Waals surface area contributed by atoms with Crippen LogP contribution in [-0.4, -0.2) is 22.2 Å². The Morgan fingerprint density at radius 3 is 1.68 bits per heavy atom. The highest BCUT2D eigenvalue weighted by molar-refractivity contribution is 7.20. The van der Waals surface area contributed by atoms with E-state index in [1.54, 1.807) is 12.1 Å². The first kappa shape index (κ1) is 44.6. The van der Waals surface area contributed by atoms with E-state index in [-0.39, 0.29) is 27.2 Å². The molecule has 11 aromatic carbocycles. The number of rotatable bonds is 9. The zero-order valence-electron chi connectivity index (χ0n) is 76.5. The third-order valence-corrected chi connectivity index (χ3v) is 24.3. The van der Waals surface area contributed by atoms with Crippen LogP contribution in [0.25, 0.3) is 94.5 Å². The minimum Gasteiger partial charge on any atom is -0.458 e. The van der Waals surface area contributed by atoms with E-state index >= 15 is 0 Å². The van der Waals surface area contributed by atoms with Crippen LogP contribution >= 0.6 is 0 Å². The van der Waals surface area contributed by atoms with Gasteiger partial charge in [-0.05, 0) is 194 Å². The molecule has 0 saturated heterocycles. The Bertz CT molecular complexity index is 6440. The number of hydrogen-bond acceptors (Lipinski definition) is 2. The summed E-state index contributed by atoms with van der Waals surface area (Å²) in [5.74, 6) is 1.65. The second-order valence-electron chi connectivity index (χ2n) is 30.6. The van der Waals surface area contributed by atoms with Crippen molar-refractivity contribution in [2.75, 3.05) is 0 Å². The van der Waals surface area contributed by atoms with Gasteiger partial charge >= 0.3 is 0 Å². The SMILES string of the molecule is [2H]c1c([2H])c([2H])c([Si](c2c([2H])c([2H])c([2H])c([2H])c2[2H])(c2c([2H])c([2H])c([2H])c([2H])c2[2H])c2c([2H])c([2H])c([2H])c(-c3cc4c5c(c3)n(-c3cccc(Oc6ccc7c8ccccc8n(-c8cc(C(C)(C)C)ccn8)c7c6)c3)[c-][n+]5-c3c(cc(C(C)(C)C)cc3C(C)(C)C)-c3cc5c(cc3-c3ccccc3-4)C(C)(C)CCC5(C)C)c2[2H])c([2H])c1[2H]. The maximum absolute atomic E-state index is 11.2. The maximum Gasteiger partial charge on any atom is 0.269 e. The molecule has 1 aliphatic heterocycles. The molecule has 0 atom stereocenters. The van der Waals surface area contributed by atoms with Gasteiger partial charge in [-0.3, -0.25) is 13.7 Å². The number of fused-ring (bicyclic) bond motifs is 11. The molecule has 0 spiro atoms. The Labute approximate surface area is 606 Å². The lowest BCUT2D eigenvalue weighted by Gasteiger charge is -2.43. The third kappa shape index (κ3) is 10.4. The van der Waals surface area contributed by atoms with Crippen molar-refractivity contribution in [2.24, 2.45) is 0 Å². The molecule has 16 rings (SSSR count). The monoisotopic (exact) mass is 1310 g/mol. The summed E-state index contributed by atoms with van der Waals surface area (Å²) in [6.07, 6.45) is 7.60. The number of benzene rings is 11. The van der Waals surface area contributed by atoms with E-state index in [2.05, 4.69) is 154 Å². The normalized spacial score (nSPS) is 17.0. The molecule has 4 heterocycles. The summed E-state index contributed by atoms with van der Waals surface area (Å²) in [5, 5.41) is -1.68. The maximum atomic E-state index is 11.2. The fourth-order valence-electron chi connectivity index (χ4n) is 14.9. The second kappa shape index (κ2) is 23.0. The van der Waals surface area contributed by atoms with Gasteiger partial charge in [0.05, 0.1) is 59.5 Å². The van der Waals surface area contributed by atoms with Gasteiger partial charge in [-0.1, -0.05) is 278 Å². The Balaban J connectivity index is 1.07. The summed E-state index contributed by atoms with van der Waals surface area (Å²) < 4.78 is 198. The van der Waals surface area contributed by atoms with Gasteiger partial charge in [0.15, 0.2) is 8.07 Å². The fraction of sp³-hybridized carbons (Fsp3) is 0.217. The number of nitrogens with zero attached hydrogens (tertiary/aromatic N) is 4. The summed E-state index contributed by atoms with van der Waals surface area (Å²) in [6.45, 7) is 28.9. The van der Waals surface area contributed by atoms with Crippen molar-refractivity contribution in [3.05, 3.63) is 295 Å². The van der Waals surface area contributed by atoms with E-state index in [9.17, 15) is 21.9 Å². The Morgan fingerprint density at radius 2 is 1.05 bits per heavy atom. The number of hydrogen-bond donors (Lipinski definition) is 0. The molecule has 5 nitrogen and oxygen atoms in total. The summed E-state index contributed by atoms with van der Waals surface area (Å²) >= 11 is 0. The highest BCUT2D eigenvalue weighted by Gasteiger charge is 2.43. The molecule has 0 bridgehead atoms. The summed E-state index contributed by atoms with van der Waals surface area (Å²) in [4.78, 5) is 4.94. The van der Waals surface area contributed by atoms with Crippen molar-refractivity contribution in [1.29, 1.82) is 0 Å². The third-order valence-electron chi connectivity index (χ3n) is 20.3. The van der Waals surface area contributed by atoms with Gasteiger partial charge in [0, 0.05) is 23.0 Å². The zero-order chi connectivity index (χ0) is 84.4. The van der Waals surface area contributed by atoms with Crippen LogP contribution in [0.5, 0.6) is 11.5 Å². The van der Waals surface area contributed by atoms with Crippen LogP contribution in [-0.2, 0) is 27.1 Å². The minimum atomic E-state index is -6.29. The van der Waals surface area contributed by atoms with Crippen molar-refractivity contribution in [2.45, 2.75) is 130 Å². The highest BCUT2D eigenvalue weighted by Crippen LogP contribution is 2.53. The van der Waals surface area contributed by atoms with E-state index in [1.807, 2.05) is 89.6 Å². The molecule has 0 radical (unpaired) electrons. The van der Waals surface area contributed by atoms with E-state index in [0.717, 1.165) is 85.1 Å². The summed E-state index contributed by atoms with van der Waals surface area (Å²) in [5.41, 5.74) is 12.1. The number of aromatic nitrogens is 4. The van der Waals surface area contributed by atoms with Crippen molar-refractivity contribution in [3.8, 4) is 73.2 Å². The second-order valence-corrected chi connectivity index (χ2v) is 34.1. The first-order chi connectivity index (χ1) is 54.8. The lowest BCUT2D eigenvalue weighted by atomic mass is 9.62. The number of imidazole rings is 1. The van der Waals surface area contributed by atoms with Crippen LogP contribution in [0.2, 0.25) is 0 Å². The predicted molar refractivity (Wildman–Crippen MR) is 413 cm³/mol.